The second-order valence-electron chi connectivity index (χ2n) is 6.40. The zero-order chi connectivity index (χ0) is 22.8. The molecule has 0 aromatic heterocycles. The van der Waals surface area contributed by atoms with Crippen molar-refractivity contribution < 1.29 is 36.3 Å². The molecular formula is C17H19N3O9S2. The Morgan fingerprint density at radius 1 is 1.13 bits per heavy atom. The number of ether oxygens (including phenoxy) is 2. The van der Waals surface area contributed by atoms with Gasteiger partial charge >= 0.3 is 5.69 Å². The molecule has 2 aromatic carbocycles. The Morgan fingerprint density at radius 3 is 2.42 bits per heavy atom. The van der Waals surface area contributed by atoms with Crippen molar-refractivity contribution in [2.75, 3.05) is 38.1 Å². The Bertz CT molecular complexity index is 1210. The zero-order valence-corrected chi connectivity index (χ0v) is 17.8. The lowest BCUT2D eigenvalue weighted by atomic mass is 10.3. The predicted molar refractivity (Wildman–Crippen MR) is 108 cm³/mol. The number of sulfonamides is 2. The highest BCUT2D eigenvalue weighted by atomic mass is 32.2. The Labute approximate surface area is 178 Å². The van der Waals surface area contributed by atoms with Gasteiger partial charge < -0.3 is 14.6 Å². The van der Waals surface area contributed by atoms with E-state index in [2.05, 4.69) is 4.72 Å². The van der Waals surface area contributed by atoms with Crippen molar-refractivity contribution in [2.24, 2.45) is 0 Å². The first-order chi connectivity index (χ1) is 14.6. The number of rotatable bonds is 7. The van der Waals surface area contributed by atoms with Gasteiger partial charge in [-0.25, -0.2) is 16.8 Å². The number of nitro benzene ring substituents is 1. The van der Waals surface area contributed by atoms with E-state index in [0.717, 1.165) is 18.2 Å². The predicted octanol–water partition coefficient (Wildman–Crippen LogP) is 1.13. The van der Waals surface area contributed by atoms with Crippen LogP contribution in [-0.4, -0.2) is 64.6 Å². The standard InChI is InChI=1S/C17H19N3O9S2/c1-28-16-5-2-12(10-17(16)31(26,27)19-6-8-29-9-7-19)18-30(24,25)13-3-4-15(21)14(11-13)20(22)23/h2-5,10-11,18,21H,6-9H2,1H3. The second-order valence-corrected chi connectivity index (χ2v) is 9.98. The van der Waals surface area contributed by atoms with Crippen LogP contribution in [0.1, 0.15) is 0 Å². The molecule has 0 aliphatic carbocycles. The van der Waals surface area contributed by atoms with Crippen LogP contribution in [0.2, 0.25) is 0 Å². The summed E-state index contributed by atoms with van der Waals surface area (Å²) in [6.45, 7) is 0.734. The first-order valence-electron chi connectivity index (χ1n) is 8.82. The highest BCUT2D eigenvalue weighted by Gasteiger charge is 2.30. The highest BCUT2D eigenvalue weighted by molar-refractivity contribution is 7.92. The molecule has 1 fully saturated rings. The number of nitro groups is 1. The van der Waals surface area contributed by atoms with Crippen molar-refractivity contribution in [3.8, 4) is 11.5 Å². The minimum atomic E-state index is -4.33. The fourth-order valence-electron chi connectivity index (χ4n) is 2.90. The van der Waals surface area contributed by atoms with Gasteiger partial charge in [-0.15, -0.1) is 0 Å². The monoisotopic (exact) mass is 473 g/mol. The number of phenolic OH excluding ortho intramolecular Hbond substituents is 1. The van der Waals surface area contributed by atoms with Gasteiger partial charge in [-0.05, 0) is 30.3 Å². The summed E-state index contributed by atoms with van der Waals surface area (Å²) in [6.07, 6.45) is 0. The molecule has 1 aliphatic heterocycles. The molecule has 0 spiro atoms. The van der Waals surface area contributed by atoms with Crippen LogP contribution >= 0.6 is 0 Å². The minimum Gasteiger partial charge on any atom is -0.502 e. The van der Waals surface area contributed by atoms with Crippen LogP contribution in [0.5, 0.6) is 11.5 Å². The van der Waals surface area contributed by atoms with Crippen LogP contribution in [0.25, 0.3) is 0 Å². The molecular weight excluding hydrogens is 454 g/mol. The van der Waals surface area contributed by atoms with Gasteiger partial charge in [0.2, 0.25) is 10.0 Å². The highest BCUT2D eigenvalue weighted by Crippen LogP contribution is 2.32. The SMILES string of the molecule is COc1ccc(NS(=O)(=O)c2ccc(O)c([N+](=O)[O-])c2)cc1S(=O)(=O)N1CCOCC1. The summed E-state index contributed by atoms with van der Waals surface area (Å²) in [6, 6.07) is 6.27. The topological polar surface area (TPSA) is 165 Å². The smallest absolute Gasteiger partial charge is 0.312 e. The third-order valence-electron chi connectivity index (χ3n) is 4.46. The van der Waals surface area contributed by atoms with Gasteiger partial charge in [0.15, 0.2) is 5.75 Å². The molecule has 31 heavy (non-hydrogen) atoms. The Balaban J connectivity index is 1.98. The fourth-order valence-corrected chi connectivity index (χ4v) is 5.56. The van der Waals surface area contributed by atoms with Gasteiger partial charge in [-0.2, -0.15) is 4.31 Å². The molecule has 0 atom stereocenters. The molecule has 0 unspecified atom stereocenters. The third kappa shape index (κ3) is 4.71. The molecule has 0 radical (unpaired) electrons. The zero-order valence-electron chi connectivity index (χ0n) is 16.2. The van der Waals surface area contributed by atoms with Crippen LogP contribution in [0.15, 0.2) is 46.2 Å². The summed E-state index contributed by atoms with van der Waals surface area (Å²) in [5.74, 6) is -0.665. The normalized spacial score (nSPS) is 15.4. The number of benzene rings is 2. The Morgan fingerprint density at radius 2 is 1.81 bits per heavy atom. The van der Waals surface area contributed by atoms with E-state index in [9.17, 15) is 32.1 Å². The van der Waals surface area contributed by atoms with Crippen LogP contribution in [0.3, 0.4) is 0 Å². The molecule has 2 N–H and O–H groups in total. The van der Waals surface area contributed by atoms with Gasteiger partial charge in [-0.3, -0.25) is 14.8 Å². The number of hydrogen-bond donors (Lipinski definition) is 2. The lowest BCUT2D eigenvalue weighted by molar-refractivity contribution is -0.386. The summed E-state index contributed by atoms with van der Waals surface area (Å²) < 4.78 is 65.1. The Hall–Kier alpha value is -2.94. The number of nitrogens with one attached hydrogen (secondary N) is 1. The summed E-state index contributed by atoms with van der Waals surface area (Å²) in [4.78, 5) is 9.33. The lowest BCUT2D eigenvalue weighted by Gasteiger charge is -2.26. The maximum Gasteiger partial charge on any atom is 0.312 e. The van der Waals surface area contributed by atoms with E-state index in [1.807, 2.05) is 0 Å². The molecule has 168 valence electrons. The van der Waals surface area contributed by atoms with Crippen LogP contribution in [0.4, 0.5) is 11.4 Å². The second kappa shape index (κ2) is 8.66. The van der Waals surface area contributed by atoms with Gasteiger partial charge in [-0.1, -0.05) is 0 Å². The molecule has 1 saturated heterocycles. The molecule has 12 nitrogen and oxygen atoms in total. The first kappa shape index (κ1) is 22.7. The van der Waals surface area contributed by atoms with Crippen LogP contribution in [-0.2, 0) is 24.8 Å². The largest absolute Gasteiger partial charge is 0.502 e. The van der Waals surface area contributed by atoms with Crippen molar-refractivity contribution in [1.29, 1.82) is 0 Å². The van der Waals surface area contributed by atoms with E-state index < -0.39 is 41.3 Å². The Kier molecular flexibility index (Phi) is 6.35. The van der Waals surface area contributed by atoms with E-state index in [-0.39, 0.29) is 42.6 Å². The summed E-state index contributed by atoms with van der Waals surface area (Å²) >= 11 is 0. The van der Waals surface area contributed by atoms with Crippen molar-refractivity contribution in [3.05, 3.63) is 46.5 Å². The van der Waals surface area contributed by atoms with Gasteiger partial charge in [0.1, 0.15) is 10.6 Å². The quantitative estimate of drug-likeness (QED) is 0.443. The molecule has 2 aromatic rings. The molecule has 1 heterocycles. The van der Waals surface area contributed by atoms with Crippen molar-refractivity contribution in [1.82, 2.24) is 4.31 Å². The van der Waals surface area contributed by atoms with E-state index in [4.69, 9.17) is 9.47 Å². The van der Waals surface area contributed by atoms with Gasteiger partial charge in [0, 0.05) is 19.2 Å². The number of aromatic hydroxyl groups is 1. The molecule has 14 heteroatoms. The average Bonchev–Trinajstić information content (AvgIpc) is 2.74. The molecule has 1 aliphatic rings. The number of hydrogen-bond acceptors (Lipinski definition) is 9. The number of morpholine rings is 1. The van der Waals surface area contributed by atoms with Crippen molar-refractivity contribution in [3.63, 3.8) is 0 Å². The molecule has 3 rings (SSSR count). The first-order valence-corrected chi connectivity index (χ1v) is 11.7. The fraction of sp³-hybridized carbons (Fsp3) is 0.294. The minimum absolute atomic E-state index is 0.0229. The molecule has 0 bridgehead atoms. The van der Waals surface area contributed by atoms with Gasteiger partial charge in [0.05, 0.1) is 35.8 Å². The number of methoxy groups -OCH3 is 1. The van der Waals surface area contributed by atoms with Crippen LogP contribution in [0, 0.1) is 10.1 Å². The van der Waals surface area contributed by atoms with E-state index in [1.165, 1.54) is 23.5 Å². The van der Waals surface area contributed by atoms with Crippen molar-refractivity contribution in [2.45, 2.75) is 9.79 Å². The maximum atomic E-state index is 13.0. The van der Waals surface area contributed by atoms with Gasteiger partial charge in [0.25, 0.3) is 10.0 Å². The lowest BCUT2D eigenvalue weighted by Crippen LogP contribution is -2.40. The summed E-state index contributed by atoms with van der Waals surface area (Å²) in [5.41, 5.74) is -0.878. The van der Waals surface area contributed by atoms with E-state index in [0.29, 0.717) is 6.07 Å². The summed E-state index contributed by atoms with van der Waals surface area (Å²) in [7, 11) is -7.04. The average molecular weight is 473 g/mol. The number of nitrogens with zero attached hydrogens (tertiary/aromatic N) is 2. The third-order valence-corrected chi connectivity index (χ3v) is 7.76. The molecule has 0 saturated carbocycles. The van der Waals surface area contributed by atoms with E-state index >= 15 is 0 Å². The molecule has 0 amide bonds. The number of phenols is 1. The van der Waals surface area contributed by atoms with E-state index in [1.54, 1.807) is 0 Å². The number of anilines is 1. The maximum absolute atomic E-state index is 13.0. The van der Waals surface area contributed by atoms with Crippen molar-refractivity contribution >= 4 is 31.4 Å². The summed E-state index contributed by atoms with van der Waals surface area (Å²) in [5, 5.41) is 20.5. The van der Waals surface area contributed by atoms with Crippen LogP contribution < -0.4 is 9.46 Å².